The van der Waals surface area contributed by atoms with Crippen molar-refractivity contribution in [3.05, 3.63) is 10.5 Å². The van der Waals surface area contributed by atoms with Crippen molar-refractivity contribution < 1.29 is 5.11 Å². The lowest BCUT2D eigenvalue weighted by Crippen LogP contribution is -2.17. The van der Waals surface area contributed by atoms with Gasteiger partial charge in [0.2, 0.25) is 0 Å². The average Bonchev–Trinajstić information content (AvgIpc) is 2.41. The molecule has 1 rings (SSSR count). The summed E-state index contributed by atoms with van der Waals surface area (Å²) in [6.45, 7) is 1.48. The minimum Gasteiger partial charge on any atom is -0.395 e. The summed E-state index contributed by atoms with van der Waals surface area (Å²) >= 11 is 1.51. The van der Waals surface area contributed by atoms with Crippen LogP contribution in [0, 0.1) is 0 Å². The number of rotatable bonds is 4. The van der Waals surface area contributed by atoms with Crippen LogP contribution in [-0.2, 0) is 6.54 Å². The van der Waals surface area contributed by atoms with Crippen LogP contribution in [0.15, 0.2) is 5.51 Å². The van der Waals surface area contributed by atoms with Crippen LogP contribution in [0.3, 0.4) is 0 Å². The highest BCUT2D eigenvalue weighted by molar-refractivity contribution is 7.09. The molecule has 1 aromatic rings. The van der Waals surface area contributed by atoms with E-state index in [1.165, 1.54) is 11.3 Å². The zero-order valence-corrected chi connectivity index (χ0v) is 6.27. The van der Waals surface area contributed by atoms with Crippen LogP contribution in [0.25, 0.3) is 0 Å². The van der Waals surface area contributed by atoms with Crippen LogP contribution >= 0.6 is 11.3 Å². The van der Waals surface area contributed by atoms with E-state index in [2.05, 4.69) is 15.5 Å². The molecule has 0 aliphatic rings. The second kappa shape index (κ2) is 4.32. The first kappa shape index (κ1) is 7.59. The number of nitrogens with one attached hydrogen (secondary N) is 1. The van der Waals surface area contributed by atoms with Gasteiger partial charge in [-0.25, -0.2) is 0 Å². The summed E-state index contributed by atoms with van der Waals surface area (Å²) in [4.78, 5) is 0. The van der Waals surface area contributed by atoms with Gasteiger partial charge in [0.15, 0.2) is 0 Å². The van der Waals surface area contributed by atoms with Gasteiger partial charge in [0.05, 0.1) is 6.61 Å². The van der Waals surface area contributed by atoms with Crippen molar-refractivity contribution >= 4 is 11.3 Å². The van der Waals surface area contributed by atoms with E-state index in [9.17, 15) is 0 Å². The third kappa shape index (κ3) is 2.38. The predicted octanol–water partition coefficient (Wildman–Crippen LogP) is -0.380. The summed E-state index contributed by atoms with van der Waals surface area (Å²) < 4.78 is 0. The van der Waals surface area contributed by atoms with E-state index in [1.807, 2.05) is 0 Å². The fourth-order valence-corrected chi connectivity index (χ4v) is 1.04. The molecule has 0 atom stereocenters. The molecule has 0 saturated carbocycles. The van der Waals surface area contributed by atoms with Crippen LogP contribution in [0.4, 0.5) is 0 Å². The lowest BCUT2D eigenvalue weighted by Gasteiger charge is -1.95. The Bertz CT molecular complexity index is 165. The number of hydrogen-bond donors (Lipinski definition) is 2. The largest absolute Gasteiger partial charge is 0.395 e. The maximum Gasteiger partial charge on any atom is 0.131 e. The van der Waals surface area contributed by atoms with Crippen molar-refractivity contribution in [1.29, 1.82) is 0 Å². The fourth-order valence-electron chi connectivity index (χ4n) is 0.547. The van der Waals surface area contributed by atoms with Crippen LogP contribution in [0.1, 0.15) is 5.01 Å². The highest BCUT2D eigenvalue weighted by atomic mass is 32.1. The molecule has 0 saturated heterocycles. The second-order valence-electron chi connectivity index (χ2n) is 1.73. The predicted molar refractivity (Wildman–Crippen MR) is 38.7 cm³/mol. The SMILES string of the molecule is OCCNCc1nncs1. The van der Waals surface area contributed by atoms with Crippen LogP contribution in [-0.4, -0.2) is 28.5 Å². The van der Waals surface area contributed by atoms with E-state index in [0.717, 1.165) is 5.01 Å². The lowest BCUT2D eigenvalue weighted by atomic mass is 10.6. The van der Waals surface area contributed by atoms with Crippen LogP contribution in [0.2, 0.25) is 0 Å². The third-order valence-electron chi connectivity index (χ3n) is 0.970. The quantitative estimate of drug-likeness (QED) is 0.588. The molecule has 0 spiro atoms. The lowest BCUT2D eigenvalue weighted by molar-refractivity contribution is 0.292. The third-order valence-corrected chi connectivity index (χ3v) is 1.67. The highest BCUT2D eigenvalue weighted by Crippen LogP contribution is 1.98. The Hall–Kier alpha value is -0.520. The normalized spacial score (nSPS) is 10.1. The molecule has 0 bridgehead atoms. The highest BCUT2D eigenvalue weighted by Gasteiger charge is 1.93. The summed E-state index contributed by atoms with van der Waals surface area (Å²) in [7, 11) is 0. The molecule has 4 nitrogen and oxygen atoms in total. The number of nitrogens with zero attached hydrogens (tertiary/aromatic N) is 2. The topological polar surface area (TPSA) is 58.0 Å². The smallest absolute Gasteiger partial charge is 0.131 e. The van der Waals surface area contributed by atoms with E-state index >= 15 is 0 Å². The summed E-state index contributed by atoms with van der Waals surface area (Å²) in [5.41, 5.74) is 1.69. The maximum atomic E-state index is 8.40. The molecule has 2 N–H and O–H groups in total. The minimum absolute atomic E-state index is 0.165. The molecule has 5 heteroatoms. The van der Waals surface area contributed by atoms with Gasteiger partial charge < -0.3 is 10.4 Å². The van der Waals surface area contributed by atoms with Gasteiger partial charge in [0, 0.05) is 13.1 Å². The Morgan fingerprint density at radius 2 is 2.60 bits per heavy atom. The average molecular weight is 159 g/mol. The molecule has 1 aromatic heterocycles. The van der Waals surface area contributed by atoms with Crippen LogP contribution < -0.4 is 5.32 Å². The van der Waals surface area contributed by atoms with E-state index in [1.54, 1.807) is 5.51 Å². The van der Waals surface area contributed by atoms with Gasteiger partial charge in [-0.1, -0.05) is 0 Å². The first-order valence-corrected chi connectivity index (χ1v) is 3.88. The molecule has 1 heterocycles. The van der Waals surface area contributed by atoms with E-state index < -0.39 is 0 Å². The molecule has 0 amide bonds. The molecule has 0 aliphatic heterocycles. The molecule has 0 aromatic carbocycles. The van der Waals surface area contributed by atoms with E-state index in [-0.39, 0.29) is 6.61 Å². The Morgan fingerprint density at radius 3 is 3.20 bits per heavy atom. The number of aliphatic hydroxyl groups excluding tert-OH is 1. The summed E-state index contributed by atoms with van der Waals surface area (Å²) in [6.07, 6.45) is 0. The Morgan fingerprint density at radius 1 is 1.70 bits per heavy atom. The molecule has 10 heavy (non-hydrogen) atoms. The standard InChI is InChI=1S/C5H9N3OS/c9-2-1-6-3-5-8-7-4-10-5/h4,6,9H,1-3H2. The molecule has 0 radical (unpaired) electrons. The first-order chi connectivity index (χ1) is 4.93. The van der Waals surface area contributed by atoms with Crippen molar-refractivity contribution in [2.45, 2.75) is 6.54 Å². The second-order valence-corrected chi connectivity index (χ2v) is 2.65. The van der Waals surface area contributed by atoms with Crippen molar-refractivity contribution in [1.82, 2.24) is 15.5 Å². The van der Waals surface area contributed by atoms with Gasteiger partial charge in [0.1, 0.15) is 10.5 Å². The van der Waals surface area contributed by atoms with Crippen molar-refractivity contribution in [3.63, 3.8) is 0 Å². The van der Waals surface area contributed by atoms with E-state index in [4.69, 9.17) is 5.11 Å². The van der Waals surface area contributed by atoms with Gasteiger partial charge in [-0.3, -0.25) is 0 Å². The van der Waals surface area contributed by atoms with Crippen molar-refractivity contribution in [3.8, 4) is 0 Å². The van der Waals surface area contributed by atoms with E-state index in [0.29, 0.717) is 13.1 Å². The van der Waals surface area contributed by atoms with Gasteiger partial charge in [-0.15, -0.1) is 21.5 Å². The number of aliphatic hydroxyl groups is 1. The Kier molecular flexibility index (Phi) is 3.28. The maximum absolute atomic E-state index is 8.40. The fraction of sp³-hybridized carbons (Fsp3) is 0.600. The number of aromatic nitrogens is 2. The van der Waals surface area contributed by atoms with Gasteiger partial charge >= 0.3 is 0 Å². The number of hydrogen-bond acceptors (Lipinski definition) is 5. The Balaban J connectivity index is 2.15. The molecule has 0 aliphatic carbocycles. The monoisotopic (exact) mass is 159 g/mol. The molecular formula is C5H9N3OS. The summed E-state index contributed by atoms with van der Waals surface area (Å²) in [5.74, 6) is 0. The zero-order valence-electron chi connectivity index (χ0n) is 5.45. The van der Waals surface area contributed by atoms with Crippen LogP contribution in [0.5, 0.6) is 0 Å². The van der Waals surface area contributed by atoms with Crippen molar-refractivity contribution in [2.75, 3.05) is 13.2 Å². The first-order valence-electron chi connectivity index (χ1n) is 3.00. The van der Waals surface area contributed by atoms with Gasteiger partial charge in [-0.2, -0.15) is 0 Å². The van der Waals surface area contributed by atoms with Gasteiger partial charge in [-0.05, 0) is 0 Å². The molecule has 56 valence electrons. The molecule has 0 fully saturated rings. The van der Waals surface area contributed by atoms with Crippen molar-refractivity contribution in [2.24, 2.45) is 0 Å². The molecule has 0 unspecified atom stereocenters. The summed E-state index contributed by atoms with van der Waals surface area (Å²) in [6, 6.07) is 0. The minimum atomic E-state index is 0.165. The zero-order chi connectivity index (χ0) is 7.23. The Labute approximate surface area is 62.9 Å². The summed E-state index contributed by atoms with van der Waals surface area (Å²) in [5, 5.41) is 19.8. The van der Waals surface area contributed by atoms with Gasteiger partial charge in [0.25, 0.3) is 0 Å². The molecular weight excluding hydrogens is 150 g/mol.